The second-order valence-electron chi connectivity index (χ2n) is 7.75. The highest BCUT2D eigenvalue weighted by atomic mass is 19.2. The summed E-state index contributed by atoms with van der Waals surface area (Å²) in [5, 5.41) is 9.83. The van der Waals surface area contributed by atoms with Gasteiger partial charge in [0.05, 0.1) is 17.2 Å². The Balaban J connectivity index is 1.77. The molecule has 1 aromatic carbocycles. The van der Waals surface area contributed by atoms with Crippen molar-refractivity contribution in [3.63, 3.8) is 0 Å². The van der Waals surface area contributed by atoms with E-state index in [-0.39, 0.29) is 17.9 Å². The minimum absolute atomic E-state index is 0.101. The molecule has 1 aliphatic rings. The first kappa shape index (κ1) is 23.0. The second kappa shape index (κ2) is 10.1. The Morgan fingerprint density at radius 2 is 2.06 bits per heavy atom. The van der Waals surface area contributed by atoms with Crippen LogP contribution in [0.5, 0.6) is 0 Å². The molecular weight excluding hydrogens is 410 g/mol. The summed E-state index contributed by atoms with van der Waals surface area (Å²) >= 11 is 0. The Bertz CT molecular complexity index is 1090. The van der Waals surface area contributed by atoms with Gasteiger partial charge >= 0.3 is 0 Å². The Kier molecular flexibility index (Phi) is 7.26. The van der Waals surface area contributed by atoms with Gasteiger partial charge in [-0.3, -0.25) is 4.79 Å². The summed E-state index contributed by atoms with van der Waals surface area (Å²) in [4.78, 5) is 23.0. The van der Waals surface area contributed by atoms with Gasteiger partial charge < -0.3 is 4.90 Å². The summed E-state index contributed by atoms with van der Waals surface area (Å²) in [7, 11) is 0. The van der Waals surface area contributed by atoms with Gasteiger partial charge in [0.15, 0.2) is 11.6 Å². The van der Waals surface area contributed by atoms with Crippen molar-refractivity contribution in [2.75, 3.05) is 13.1 Å². The molecule has 1 saturated heterocycles. The molecule has 2 heterocycles. The van der Waals surface area contributed by atoms with Gasteiger partial charge in [-0.25, -0.2) is 18.7 Å². The van der Waals surface area contributed by atoms with E-state index in [4.69, 9.17) is 0 Å². The van der Waals surface area contributed by atoms with Crippen LogP contribution in [0.25, 0.3) is 5.57 Å². The number of nitrogens with zero attached hydrogens (tertiary/aromatic N) is 4. The average molecular weight is 434 g/mol. The van der Waals surface area contributed by atoms with E-state index >= 15 is 0 Å². The van der Waals surface area contributed by atoms with Crippen LogP contribution in [0.4, 0.5) is 8.78 Å². The van der Waals surface area contributed by atoms with Gasteiger partial charge in [0.2, 0.25) is 0 Å². The molecule has 0 aliphatic carbocycles. The summed E-state index contributed by atoms with van der Waals surface area (Å²) in [6, 6.07) is 7.98. The van der Waals surface area contributed by atoms with Crippen LogP contribution in [0, 0.1) is 28.4 Å². The van der Waals surface area contributed by atoms with Crippen molar-refractivity contribution in [3.05, 3.63) is 90.1 Å². The number of carbonyl (C=O) groups is 1. The third-order valence-electron chi connectivity index (χ3n) is 5.71. The number of allylic oxidation sites excluding steroid dienone is 3. The first-order valence-electron chi connectivity index (χ1n) is 10.3. The molecule has 1 aromatic heterocycles. The molecule has 5 nitrogen and oxygen atoms in total. The Hall–Kier alpha value is -3.66. The quantitative estimate of drug-likeness (QED) is 0.490. The third-order valence-corrected chi connectivity index (χ3v) is 5.71. The molecule has 7 heteroatoms. The lowest BCUT2D eigenvalue weighted by Crippen LogP contribution is -2.44. The summed E-state index contributed by atoms with van der Waals surface area (Å²) in [5.41, 5.74) is 0.755. The Labute approximate surface area is 186 Å². The maximum Gasteiger partial charge on any atom is 0.254 e. The van der Waals surface area contributed by atoms with Crippen molar-refractivity contribution < 1.29 is 13.6 Å². The molecule has 0 spiro atoms. The van der Waals surface area contributed by atoms with Crippen molar-refractivity contribution >= 4 is 11.5 Å². The standard InChI is InChI=1S/C25H24F2N4O/c1-3-4-7-20(18(2)22-9-12-29-17-30-22)24(32)31-13-10-25(16-28,11-14-31)15-19-6-5-8-21(26)23(19)27/h3-9,12,17H,2,10-11,13-15H2,1H3/b4-3-,20-7+. The number of carbonyl (C=O) groups excluding carboxylic acids is 1. The van der Waals surface area contributed by atoms with Crippen LogP contribution in [-0.2, 0) is 11.2 Å². The highest BCUT2D eigenvalue weighted by Gasteiger charge is 2.38. The molecule has 0 bridgehead atoms. The summed E-state index contributed by atoms with van der Waals surface area (Å²) in [6.45, 7) is 6.54. The SMILES string of the molecule is C=C(/C(=C\C=C/C)C(=O)N1CCC(C#N)(Cc2cccc(F)c2F)CC1)c1ccncn1. The molecule has 0 atom stereocenters. The lowest BCUT2D eigenvalue weighted by molar-refractivity contribution is -0.128. The highest BCUT2D eigenvalue weighted by Crippen LogP contribution is 2.36. The first-order valence-corrected chi connectivity index (χ1v) is 10.3. The van der Waals surface area contributed by atoms with E-state index in [0.29, 0.717) is 42.8 Å². The van der Waals surface area contributed by atoms with Gasteiger partial charge in [0, 0.05) is 30.4 Å². The van der Waals surface area contributed by atoms with E-state index < -0.39 is 17.0 Å². The number of hydrogen-bond acceptors (Lipinski definition) is 4. The fourth-order valence-corrected chi connectivity index (χ4v) is 3.79. The van der Waals surface area contributed by atoms with Crippen LogP contribution in [0.1, 0.15) is 31.0 Å². The number of hydrogen-bond donors (Lipinski definition) is 0. The predicted octanol–water partition coefficient (Wildman–Crippen LogP) is 4.65. The topological polar surface area (TPSA) is 69.9 Å². The van der Waals surface area contributed by atoms with Crippen molar-refractivity contribution in [3.8, 4) is 6.07 Å². The average Bonchev–Trinajstić information content (AvgIpc) is 2.83. The number of aromatic nitrogens is 2. The minimum Gasteiger partial charge on any atom is -0.339 e. The van der Waals surface area contributed by atoms with Crippen LogP contribution < -0.4 is 0 Å². The molecule has 164 valence electrons. The number of piperidine rings is 1. The fraction of sp³-hybridized carbons (Fsp3) is 0.280. The number of likely N-dealkylation sites (tertiary alicyclic amines) is 1. The maximum atomic E-state index is 14.2. The van der Waals surface area contributed by atoms with Crippen molar-refractivity contribution in [2.45, 2.75) is 26.2 Å². The van der Waals surface area contributed by atoms with Crippen LogP contribution in [0.3, 0.4) is 0 Å². The fourth-order valence-electron chi connectivity index (χ4n) is 3.79. The van der Waals surface area contributed by atoms with E-state index in [1.165, 1.54) is 18.5 Å². The lowest BCUT2D eigenvalue weighted by atomic mass is 9.75. The molecule has 1 fully saturated rings. The van der Waals surface area contributed by atoms with E-state index in [1.54, 1.807) is 29.3 Å². The largest absolute Gasteiger partial charge is 0.339 e. The Morgan fingerprint density at radius 3 is 2.69 bits per heavy atom. The molecule has 1 aliphatic heterocycles. The summed E-state index contributed by atoms with van der Waals surface area (Å²) in [6.07, 6.45) is 9.07. The van der Waals surface area contributed by atoms with Crippen LogP contribution in [0.15, 0.2) is 67.2 Å². The predicted molar refractivity (Wildman–Crippen MR) is 118 cm³/mol. The van der Waals surface area contributed by atoms with Crippen molar-refractivity contribution in [1.82, 2.24) is 14.9 Å². The molecule has 32 heavy (non-hydrogen) atoms. The number of rotatable bonds is 6. The molecule has 3 rings (SSSR count). The molecule has 2 aromatic rings. The number of amides is 1. The van der Waals surface area contributed by atoms with Crippen LogP contribution in [-0.4, -0.2) is 33.9 Å². The van der Waals surface area contributed by atoms with E-state index in [0.717, 1.165) is 6.07 Å². The number of halogens is 2. The molecule has 0 radical (unpaired) electrons. The van der Waals surface area contributed by atoms with Gasteiger partial charge in [0.1, 0.15) is 6.33 Å². The zero-order chi connectivity index (χ0) is 23.1. The highest BCUT2D eigenvalue weighted by molar-refractivity contribution is 6.08. The molecule has 0 saturated carbocycles. The van der Waals surface area contributed by atoms with Gasteiger partial charge in [-0.2, -0.15) is 5.26 Å². The molecule has 0 unspecified atom stereocenters. The van der Waals surface area contributed by atoms with E-state index in [2.05, 4.69) is 22.6 Å². The maximum absolute atomic E-state index is 14.2. The van der Waals surface area contributed by atoms with Gasteiger partial charge in [0.25, 0.3) is 5.91 Å². The summed E-state index contributed by atoms with van der Waals surface area (Å²) < 4.78 is 27.8. The minimum atomic E-state index is -0.926. The van der Waals surface area contributed by atoms with E-state index in [9.17, 15) is 18.8 Å². The van der Waals surface area contributed by atoms with Gasteiger partial charge in [-0.05, 0) is 50.0 Å². The second-order valence-corrected chi connectivity index (χ2v) is 7.75. The van der Waals surface area contributed by atoms with Crippen LogP contribution >= 0.6 is 0 Å². The zero-order valence-corrected chi connectivity index (χ0v) is 17.9. The van der Waals surface area contributed by atoms with E-state index in [1.807, 2.05) is 13.0 Å². The smallest absolute Gasteiger partial charge is 0.254 e. The normalized spacial score (nSPS) is 16.1. The number of benzene rings is 1. The van der Waals surface area contributed by atoms with Crippen LogP contribution in [0.2, 0.25) is 0 Å². The Morgan fingerprint density at radius 1 is 1.31 bits per heavy atom. The number of nitriles is 1. The molecule has 0 N–H and O–H groups in total. The molecule has 1 amide bonds. The lowest BCUT2D eigenvalue weighted by Gasteiger charge is -2.38. The zero-order valence-electron chi connectivity index (χ0n) is 17.9. The van der Waals surface area contributed by atoms with Crippen molar-refractivity contribution in [1.29, 1.82) is 5.26 Å². The third kappa shape index (κ3) is 4.97. The van der Waals surface area contributed by atoms with Gasteiger partial charge in [-0.15, -0.1) is 0 Å². The summed E-state index contributed by atoms with van der Waals surface area (Å²) in [5.74, 6) is -2.06. The first-order chi connectivity index (χ1) is 15.4. The van der Waals surface area contributed by atoms with Gasteiger partial charge in [-0.1, -0.05) is 30.9 Å². The monoisotopic (exact) mass is 434 g/mol. The van der Waals surface area contributed by atoms with Crippen molar-refractivity contribution in [2.24, 2.45) is 5.41 Å². The molecular formula is C25H24F2N4O.